The predicted molar refractivity (Wildman–Crippen MR) is 106 cm³/mol. The van der Waals surface area contributed by atoms with E-state index in [1.54, 1.807) is 6.07 Å². The van der Waals surface area contributed by atoms with Crippen molar-refractivity contribution in [2.75, 3.05) is 0 Å². The second-order valence-corrected chi connectivity index (χ2v) is 7.37. The summed E-state index contributed by atoms with van der Waals surface area (Å²) in [5, 5.41) is 19.1. The van der Waals surface area contributed by atoms with Gasteiger partial charge in [0.1, 0.15) is 0 Å². The van der Waals surface area contributed by atoms with Crippen LogP contribution in [0.25, 0.3) is 22.3 Å². The molecular weight excluding hydrogens is 307 g/mol. The zero-order chi connectivity index (χ0) is 18.0. The summed E-state index contributed by atoms with van der Waals surface area (Å²) in [5.74, 6) is 0. The average Bonchev–Trinajstić information content (AvgIpc) is 2.61. The second-order valence-electron chi connectivity index (χ2n) is 7.37. The van der Waals surface area contributed by atoms with Crippen LogP contribution >= 0.6 is 0 Å². The van der Waals surface area contributed by atoms with E-state index < -0.39 is 7.12 Å². The van der Waals surface area contributed by atoms with Gasteiger partial charge in [-0.1, -0.05) is 93.6 Å². The van der Waals surface area contributed by atoms with E-state index in [-0.39, 0.29) is 5.41 Å². The van der Waals surface area contributed by atoms with Gasteiger partial charge in [-0.05, 0) is 38.7 Å². The normalized spacial score (nSPS) is 11.4. The van der Waals surface area contributed by atoms with Gasteiger partial charge in [0.05, 0.1) is 0 Å². The Balaban J connectivity index is 1.91. The molecule has 3 aromatic rings. The Labute approximate surface area is 149 Å². The van der Waals surface area contributed by atoms with E-state index in [0.717, 1.165) is 16.7 Å². The Morgan fingerprint density at radius 3 is 1.64 bits per heavy atom. The Bertz CT molecular complexity index is 844. The van der Waals surface area contributed by atoms with Crippen LogP contribution in [-0.4, -0.2) is 17.2 Å². The molecule has 0 unspecified atom stereocenters. The van der Waals surface area contributed by atoms with Crippen molar-refractivity contribution < 1.29 is 10.0 Å². The maximum atomic E-state index is 9.55. The molecule has 0 heterocycles. The van der Waals surface area contributed by atoms with Crippen molar-refractivity contribution in [2.24, 2.45) is 0 Å². The van der Waals surface area contributed by atoms with Gasteiger partial charge in [0.25, 0.3) is 0 Å². The average molecular weight is 330 g/mol. The lowest BCUT2D eigenvalue weighted by Gasteiger charge is -2.19. The van der Waals surface area contributed by atoms with Gasteiger partial charge in [-0.3, -0.25) is 0 Å². The second kappa shape index (κ2) is 6.87. The Morgan fingerprint density at radius 2 is 1.12 bits per heavy atom. The highest BCUT2D eigenvalue weighted by molar-refractivity contribution is 6.60. The first-order valence-corrected chi connectivity index (χ1v) is 8.53. The fourth-order valence-corrected chi connectivity index (χ4v) is 2.99. The molecule has 126 valence electrons. The number of benzene rings is 3. The highest BCUT2D eigenvalue weighted by Crippen LogP contribution is 2.27. The van der Waals surface area contributed by atoms with Crippen LogP contribution in [0.3, 0.4) is 0 Å². The molecule has 0 aliphatic rings. The van der Waals surface area contributed by atoms with Crippen LogP contribution in [0.5, 0.6) is 0 Å². The lowest BCUT2D eigenvalue weighted by molar-refractivity contribution is 0.426. The highest BCUT2D eigenvalue weighted by atomic mass is 16.4. The van der Waals surface area contributed by atoms with E-state index in [0.29, 0.717) is 5.46 Å². The smallest absolute Gasteiger partial charge is 0.423 e. The molecule has 0 saturated carbocycles. The van der Waals surface area contributed by atoms with Gasteiger partial charge in [-0.2, -0.15) is 0 Å². The first-order chi connectivity index (χ1) is 11.9. The standard InChI is InChI=1S/C22H23BO2/c1-22(2,3)19-14-12-17(13-15-19)16-8-10-18(11-9-16)20-6-4-5-7-21(20)23(24)25/h4-15,24-25H,1-3H3. The van der Waals surface area contributed by atoms with E-state index in [9.17, 15) is 10.0 Å². The van der Waals surface area contributed by atoms with Crippen LogP contribution in [-0.2, 0) is 5.41 Å². The van der Waals surface area contributed by atoms with Crippen molar-refractivity contribution in [3.63, 3.8) is 0 Å². The van der Waals surface area contributed by atoms with Crippen molar-refractivity contribution in [2.45, 2.75) is 26.2 Å². The number of rotatable bonds is 3. The zero-order valence-corrected chi connectivity index (χ0v) is 14.9. The maximum Gasteiger partial charge on any atom is 0.489 e. The lowest BCUT2D eigenvalue weighted by Crippen LogP contribution is -2.31. The molecule has 0 aromatic heterocycles. The summed E-state index contributed by atoms with van der Waals surface area (Å²) in [5.41, 5.74) is 6.12. The van der Waals surface area contributed by atoms with Crippen molar-refractivity contribution in [1.82, 2.24) is 0 Å². The van der Waals surface area contributed by atoms with E-state index in [1.165, 1.54) is 11.1 Å². The quantitative estimate of drug-likeness (QED) is 0.713. The first-order valence-electron chi connectivity index (χ1n) is 8.53. The molecule has 0 spiro atoms. The Kier molecular flexibility index (Phi) is 4.80. The Hall–Kier alpha value is -2.36. The van der Waals surface area contributed by atoms with Gasteiger partial charge >= 0.3 is 7.12 Å². The molecule has 0 radical (unpaired) electrons. The van der Waals surface area contributed by atoms with Crippen molar-refractivity contribution in [3.8, 4) is 22.3 Å². The predicted octanol–water partition coefficient (Wildman–Crippen LogP) is 4.00. The molecule has 3 rings (SSSR count). The van der Waals surface area contributed by atoms with Crippen LogP contribution in [0.1, 0.15) is 26.3 Å². The van der Waals surface area contributed by atoms with Crippen LogP contribution in [0.15, 0.2) is 72.8 Å². The van der Waals surface area contributed by atoms with E-state index >= 15 is 0 Å². The third kappa shape index (κ3) is 3.84. The molecule has 25 heavy (non-hydrogen) atoms. The van der Waals surface area contributed by atoms with Gasteiger partial charge in [0, 0.05) is 0 Å². The molecule has 0 saturated heterocycles. The highest BCUT2D eigenvalue weighted by Gasteiger charge is 2.16. The van der Waals surface area contributed by atoms with Crippen molar-refractivity contribution >= 4 is 12.6 Å². The molecule has 0 amide bonds. The van der Waals surface area contributed by atoms with Crippen LogP contribution in [0, 0.1) is 0 Å². The topological polar surface area (TPSA) is 40.5 Å². The number of hydrogen-bond donors (Lipinski definition) is 2. The minimum Gasteiger partial charge on any atom is -0.423 e. The van der Waals surface area contributed by atoms with Gasteiger partial charge in [-0.15, -0.1) is 0 Å². The number of hydrogen-bond acceptors (Lipinski definition) is 2. The van der Waals surface area contributed by atoms with E-state index in [4.69, 9.17) is 0 Å². The van der Waals surface area contributed by atoms with E-state index in [1.807, 2.05) is 30.3 Å². The zero-order valence-electron chi connectivity index (χ0n) is 14.9. The molecule has 3 heteroatoms. The molecule has 2 nitrogen and oxygen atoms in total. The lowest BCUT2D eigenvalue weighted by atomic mass is 9.75. The molecule has 0 aliphatic carbocycles. The van der Waals surface area contributed by atoms with Gasteiger partial charge in [0.15, 0.2) is 0 Å². The molecule has 0 fully saturated rings. The Morgan fingerprint density at radius 1 is 0.640 bits per heavy atom. The fraction of sp³-hybridized carbons (Fsp3) is 0.182. The summed E-state index contributed by atoms with van der Waals surface area (Å²) in [6.45, 7) is 6.64. The van der Waals surface area contributed by atoms with Crippen LogP contribution in [0.2, 0.25) is 0 Å². The minimum atomic E-state index is -1.47. The first kappa shape index (κ1) is 17.5. The largest absolute Gasteiger partial charge is 0.489 e. The fourth-order valence-electron chi connectivity index (χ4n) is 2.99. The van der Waals surface area contributed by atoms with Crippen LogP contribution < -0.4 is 5.46 Å². The molecule has 0 bridgehead atoms. The molecule has 0 aliphatic heterocycles. The molecule has 3 aromatic carbocycles. The third-order valence-corrected chi connectivity index (χ3v) is 4.52. The SMILES string of the molecule is CC(C)(C)c1ccc(-c2ccc(-c3ccccc3B(O)O)cc2)cc1. The summed E-state index contributed by atoms with van der Waals surface area (Å²) in [7, 11) is -1.47. The van der Waals surface area contributed by atoms with E-state index in [2.05, 4.69) is 57.2 Å². The maximum absolute atomic E-state index is 9.55. The van der Waals surface area contributed by atoms with Gasteiger partial charge in [-0.25, -0.2) is 0 Å². The summed E-state index contributed by atoms with van der Waals surface area (Å²) < 4.78 is 0. The van der Waals surface area contributed by atoms with Gasteiger partial charge < -0.3 is 10.0 Å². The van der Waals surface area contributed by atoms with Crippen molar-refractivity contribution in [3.05, 3.63) is 78.4 Å². The molecule has 2 N–H and O–H groups in total. The summed E-state index contributed by atoms with van der Waals surface area (Å²) in [6, 6.07) is 24.2. The monoisotopic (exact) mass is 330 g/mol. The third-order valence-electron chi connectivity index (χ3n) is 4.52. The van der Waals surface area contributed by atoms with Gasteiger partial charge in [0.2, 0.25) is 0 Å². The summed E-state index contributed by atoms with van der Waals surface area (Å²) in [4.78, 5) is 0. The van der Waals surface area contributed by atoms with Crippen LogP contribution in [0.4, 0.5) is 0 Å². The molecule has 0 atom stereocenters. The minimum absolute atomic E-state index is 0.150. The summed E-state index contributed by atoms with van der Waals surface area (Å²) in [6.07, 6.45) is 0. The molecular formula is C22H23BO2. The summed E-state index contributed by atoms with van der Waals surface area (Å²) >= 11 is 0. The van der Waals surface area contributed by atoms with Crippen molar-refractivity contribution in [1.29, 1.82) is 0 Å².